The molecule has 19 heavy (non-hydrogen) atoms. The van der Waals surface area contributed by atoms with Gasteiger partial charge in [0.15, 0.2) is 5.16 Å². The Hall–Kier alpha value is -1.48. The quantitative estimate of drug-likeness (QED) is 0.839. The largest absolute Gasteiger partial charge is 0.312 e. The molecule has 0 radical (unpaired) electrons. The van der Waals surface area contributed by atoms with Gasteiger partial charge in [-0.25, -0.2) is 0 Å². The summed E-state index contributed by atoms with van der Waals surface area (Å²) >= 11 is 2.74. The maximum absolute atomic E-state index is 12.0. The third kappa shape index (κ3) is 3.51. The predicted molar refractivity (Wildman–Crippen MR) is 74.2 cm³/mol. The van der Waals surface area contributed by atoms with Gasteiger partial charge in [0, 0.05) is 7.05 Å². The number of amides is 1. The molecule has 1 atom stereocenters. The number of carbonyl (C=O) groups excluding carboxylic acids is 1. The van der Waals surface area contributed by atoms with Crippen molar-refractivity contribution in [3.05, 3.63) is 11.3 Å². The Morgan fingerprint density at radius 1 is 1.53 bits per heavy atom. The second-order valence-electron chi connectivity index (χ2n) is 3.83. The van der Waals surface area contributed by atoms with Crippen molar-refractivity contribution in [2.75, 3.05) is 5.32 Å². The molecule has 7 nitrogen and oxygen atoms in total. The lowest BCUT2D eigenvalue weighted by atomic mass is 10.4. The van der Waals surface area contributed by atoms with Gasteiger partial charge >= 0.3 is 0 Å². The summed E-state index contributed by atoms with van der Waals surface area (Å²) in [4.78, 5) is 12.0. The minimum absolute atomic E-state index is 0.119. The van der Waals surface area contributed by atoms with Crippen LogP contribution in [0.15, 0.2) is 11.5 Å². The van der Waals surface area contributed by atoms with Crippen LogP contribution in [0.3, 0.4) is 0 Å². The van der Waals surface area contributed by atoms with Crippen LogP contribution in [0.25, 0.3) is 0 Å². The van der Waals surface area contributed by atoms with Crippen LogP contribution >= 0.6 is 23.1 Å². The summed E-state index contributed by atoms with van der Waals surface area (Å²) in [6, 6.07) is 0. The van der Waals surface area contributed by atoms with E-state index in [1.807, 2.05) is 20.9 Å². The van der Waals surface area contributed by atoms with Crippen LogP contribution in [0.5, 0.6) is 0 Å². The maximum Gasteiger partial charge on any atom is 0.239 e. The van der Waals surface area contributed by atoms with Gasteiger partial charge < -0.3 is 4.57 Å². The number of hydrogen-bond donors (Lipinski definition) is 1. The van der Waals surface area contributed by atoms with Crippen molar-refractivity contribution in [3.8, 4) is 0 Å². The number of thioether (sulfide) groups is 1. The number of rotatable bonds is 5. The fourth-order valence-corrected chi connectivity index (χ4v) is 2.72. The second-order valence-corrected chi connectivity index (χ2v) is 6.20. The third-order valence-electron chi connectivity index (χ3n) is 2.32. The minimum Gasteiger partial charge on any atom is -0.312 e. The molecule has 1 N–H and O–H groups in total. The van der Waals surface area contributed by atoms with Gasteiger partial charge in [0.25, 0.3) is 0 Å². The summed E-state index contributed by atoms with van der Waals surface area (Å²) in [6.45, 7) is 3.81. The third-order valence-corrected chi connectivity index (χ3v) is 4.45. The molecule has 2 rings (SSSR count). The fraction of sp³-hybridized carbons (Fsp3) is 0.500. The first-order valence-corrected chi connectivity index (χ1v) is 7.43. The average molecular weight is 298 g/mol. The number of aromatic nitrogens is 5. The molecule has 0 unspecified atom stereocenters. The molecule has 102 valence electrons. The molecule has 0 fully saturated rings. The molecule has 0 aliphatic heterocycles. The number of carbonyl (C=O) groups is 1. The van der Waals surface area contributed by atoms with Crippen molar-refractivity contribution < 1.29 is 4.79 Å². The molecule has 0 bridgehead atoms. The Morgan fingerprint density at radius 2 is 2.32 bits per heavy atom. The predicted octanol–water partition coefficient (Wildman–Crippen LogP) is 1.35. The Labute approximate surface area is 118 Å². The number of anilines is 1. The lowest BCUT2D eigenvalue weighted by Gasteiger charge is -2.08. The molecule has 2 heterocycles. The summed E-state index contributed by atoms with van der Waals surface area (Å²) in [5.41, 5.74) is 0. The molecule has 0 aliphatic carbocycles. The number of hydrogen-bond acceptors (Lipinski definition) is 7. The minimum atomic E-state index is -0.281. The smallest absolute Gasteiger partial charge is 0.239 e. The van der Waals surface area contributed by atoms with Gasteiger partial charge in [-0.3, -0.25) is 10.1 Å². The lowest BCUT2D eigenvalue weighted by molar-refractivity contribution is -0.115. The van der Waals surface area contributed by atoms with Crippen molar-refractivity contribution in [1.29, 1.82) is 0 Å². The molecular formula is C10H14N6OS2. The highest BCUT2D eigenvalue weighted by Crippen LogP contribution is 2.22. The number of aryl methyl sites for hydroxylation is 2. The van der Waals surface area contributed by atoms with E-state index >= 15 is 0 Å². The van der Waals surface area contributed by atoms with E-state index in [4.69, 9.17) is 0 Å². The zero-order chi connectivity index (χ0) is 13.8. The van der Waals surface area contributed by atoms with Gasteiger partial charge in [-0.1, -0.05) is 30.0 Å². The topological polar surface area (TPSA) is 85.6 Å². The SMILES string of the molecule is CCc1nnc(NC(=O)[C@@H](C)Sc2nncn2C)s1. The van der Waals surface area contributed by atoms with Crippen LogP contribution in [0.2, 0.25) is 0 Å². The van der Waals surface area contributed by atoms with E-state index in [0.717, 1.165) is 11.4 Å². The zero-order valence-corrected chi connectivity index (χ0v) is 12.5. The lowest BCUT2D eigenvalue weighted by Crippen LogP contribution is -2.22. The van der Waals surface area contributed by atoms with Gasteiger partial charge in [0.05, 0.1) is 5.25 Å². The van der Waals surface area contributed by atoms with Crippen molar-refractivity contribution >= 4 is 34.1 Å². The molecule has 0 aromatic carbocycles. The summed E-state index contributed by atoms with van der Waals surface area (Å²) in [5, 5.41) is 20.2. The molecule has 0 spiro atoms. The van der Waals surface area contributed by atoms with Crippen molar-refractivity contribution in [3.63, 3.8) is 0 Å². The van der Waals surface area contributed by atoms with Gasteiger partial charge in [-0.15, -0.1) is 20.4 Å². The summed E-state index contributed by atoms with van der Waals surface area (Å²) in [6.07, 6.45) is 2.42. The monoisotopic (exact) mass is 298 g/mol. The zero-order valence-electron chi connectivity index (χ0n) is 10.8. The van der Waals surface area contributed by atoms with E-state index in [-0.39, 0.29) is 11.2 Å². The maximum atomic E-state index is 12.0. The van der Waals surface area contributed by atoms with Crippen LogP contribution in [0, 0.1) is 0 Å². The Kier molecular flexibility index (Phi) is 4.48. The van der Waals surface area contributed by atoms with E-state index in [9.17, 15) is 4.79 Å². The average Bonchev–Trinajstić information content (AvgIpc) is 2.99. The first kappa shape index (κ1) is 13.9. The molecule has 0 aliphatic rings. The normalized spacial score (nSPS) is 12.4. The van der Waals surface area contributed by atoms with Gasteiger partial charge in [-0.05, 0) is 13.3 Å². The Bertz CT molecular complexity index is 566. The summed E-state index contributed by atoms with van der Waals surface area (Å²) in [5.74, 6) is -0.119. The van der Waals surface area contributed by atoms with Gasteiger partial charge in [-0.2, -0.15) is 0 Å². The summed E-state index contributed by atoms with van der Waals surface area (Å²) in [7, 11) is 1.84. The van der Waals surface area contributed by atoms with Crippen LogP contribution in [-0.2, 0) is 18.3 Å². The standard InChI is InChI=1S/C10H14N6OS2/c1-4-7-13-14-9(19-7)12-8(17)6(2)18-10-15-11-5-16(10)3/h5-6H,4H2,1-3H3,(H,12,14,17)/t6-/m1/s1. The molecule has 2 aromatic heterocycles. The van der Waals surface area contributed by atoms with Crippen molar-refractivity contribution in [1.82, 2.24) is 25.0 Å². The number of nitrogens with one attached hydrogen (secondary N) is 1. The van der Waals surface area contributed by atoms with Crippen molar-refractivity contribution in [2.45, 2.75) is 30.7 Å². The van der Waals surface area contributed by atoms with Crippen LogP contribution in [-0.4, -0.2) is 36.1 Å². The van der Waals surface area contributed by atoms with E-state index in [2.05, 4.69) is 25.7 Å². The van der Waals surface area contributed by atoms with E-state index in [0.29, 0.717) is 10.3 Å². The molecule has 0 saturated heterocycles. The Morgan fingerprint density at radius 3 is 2.89 bits per heavy atom. The highest BCUT2D eigenvalue weighted by molar-refractivity contribution is 8.00. The van der Waals surface area contributed by atoms with Gasteiger partial charge in [0.1, 0.15) is 11.3 Å². The molecule has 2 aromatic rings. The van der Waals surface area contributed by atoms with Crippen molar-refractivity contribution in [2.24, 2.45) is 7.05 Å². The molecular weight excluding hydrogens is 284 g/mol. The summed E-state index contributed by atoms with van der Waals surface area (Å²) < 4.78 is 1.77. The molecule has 9 heteroatoms. The fourth-order valence-electron chi connectivity index (χ4n) is 1.24. The van der Waals surface area contributed by atoms with E-state index in [1.165, 1.54) is 23.1 Å². The first-order valence-electron chi connectivity index (χ1n) is 5.74. The van der Waals surface area contributed by atoms with Crippen LogP contribution in [0.4, 0.5) is 5.13 Å². The first-order chi connectivity index (χ1) is 9.10. The molecule has 1 amide bonds. The van der Waals surface area contributed by atoms with E-state index < -0.39 is 0 Å². The van der Waals surface area contributed by atoms with Gasteiger partial charge in [0.2, 0.25) is 11.0 Å². The van der Waals surface area contributed by atoms with E-state index in [1.54, 1.807) is 10.9 Å². The highest BCUT2D eigenvalue weighted by Gasteiger charge is 2.18. The number of nitrogens with zero attached hydrogens (tertiary/aromatic N) is 5. The van der Waals surface area contributed by atoms with Crippen LogP contribution in [0.1, 0.15) is 18.9 Å². The Balaban J connectivity index is 1.94. The van der Waals surface area contributed by atoms with Crippen LogP contribution < -0.4 is 5.32 Å². The second kappa shape index (κ2) is 6.11. The molecule has 0 saturated carbocycles. The highest BCUT2D eigenvalue weighted by atomic mass is 32.2.